The smallest absolute Gasteiger partial charge is 0.246 e. The van der Waals surface area contributed by atoms with Crippen molar-refractivity contribution in [2.24, 2.45) is 0 Å². The Hall–Kier alpha value is -0.570. The molecular formula is C13H27NO2. The van der Waals surface area contributed by atoms with E-state index in [1.807, 2.05) is 13.8 Å². The molecule has 0 aromatic heterocycles. The molecule has 0 atom stereocenters. The average Bonchev–Trinajstić information content (AvgIpc) is 2.26. The molecule has 0 fully saturated rings. The summed E-state index contributed by atoms with van der Waals surface area (Å²) in [4.78, 5) is 11.4. The normalized spacial score (nSPS) is 10.8. The van der Waals surface area contributed by atoms with Crippen LogP contribution in [0, 0.1) is 0 Å². The van der Waals surface area contributed by atoms with Gasteiger partial charge in [-0.25, -0.2) is 5.06 Å². The summed E-state index contributed by atoms with van der Waals surface area (Å²) >= 11 is 0. The van der Waals surface area contributed by atoms with Gasteiger partial charge < -0.3 is 0 Å². The highest BCUT2D eigenvalue weighted by Gasteiger charge is 2.12. The zero-order valence-electron chi connectivity index (χ0n) is 11.0. The first kappa shape index (κ1) is 15.4. The number of unbranched alkanes of at least 4 members (excludes halogenated alkanes) is 6. The minimum absolute atomic E-state index is 0.114. The van der Waals surface area contributed by atoms with Gasteiger partial charge in [-0.15, -0.1) is 0 Å². The van der Waals surface area contributed by atoms with Crippen LogP contribution in [0.5, 0.6) is 0 Å². The second-order valence-electron chi connectivity index (χ2n) is 4.70. The van der Waals surface area contributed by atoms with Gasteiger partial charge in [-0.05, 0) is 20.3 Å². The van der Waals surface area contributed by atoms with Crippen molar-refractivity contribution in [3.8, 4) is 0 Å². The lowest BCUT2D eigenvalue weighted by Crippen LogP contribution is -2.33. The van der Waals surface area contributed by atoms with Gasteiger partial charge in [0.2, 0.25) is 5.91 Å². The van der Waals surface area contributed by atoms with Crippen molar-refractivity contribution in [2.45, 2.75) is 78.2 Å². The molecule has 0 spiro atoms. The van der Waals surface area contributed by atoms with E-state index in [1.165, 1.54) is 32.1 Å². The lowest BCUT2D eigenvalue weighted by atomic mass is 10.1. The second-order valence-corrected chi connectivity index (χ2v) is 4.70. The first-order valence-electron chi connectivity index (χ1n) is 6.60. The second kappa shape index (κ2) is 9.64. The molecule has 3 nitrogen and oxygen atoms in total. The summed E-state index contributed by atoms with van der Waals surface area (Å²) in [6, 6.07) is -0.114. The third-order valence-corrected chi connectivity index (χ3v) is 2.74. The van der Waals surface area contributed by atoms with E-state index < -0.39 is 0 Å². The summed E-state index contributed by atoms with van der Waals surface area (Å²) < 4.78 is 0. The van der Waals surface area contributed by atoms with Crippen LogP contribution in [0.1, 0.15) is 72.1 Å². The molecule has 0 aliphatic heterocycles. The first-order chi connectivity index (χ1) is 7.59. The molecule has 0 heterocycles. The summed E-state index contributed by atoms with van der Waals surface area (Å²) in [6.45, 7) is 5.83. The zero-order valence-corrected chi connectivity index (χ0v) is 11.0. The van der Waals surface area contributed by atoms with Gasteiger partial charge in [0.25, 0.3) is 0 Å². The van der Waals surface area contributed by atoms with Crippen LogP contribution in [0.2, 0.25) is 0 Å². The molecule has 16 heavy (non-hydrogen) atoms. The number of hydrogen-bond acceptors (Lipinski definition) is 2. The molecule has 0 aromatic rings. The van der Waals surface area contributed by atoms with Gasteiger partial charge in [0.05, 0.1) is 6.04 Å². The monoisotopic (exact) mass is 229 g/mol. The zero-order chi connectivity index (χ0) is 12.4. The molecule has 0 aliphatic carbocycles. The number of carbonyl (C=O) groups is 1. The van der Waals surface area contributed by atoms with Gasteiger partial charge in [-0.2, -0.15) is 0 Å². The van der Waals surface area contributed by atoms with Gasteiger partial charge in [0, 0.05) is 6.42 Å². The van der Waals surface area contributed by atoms with E-state index in [0.29, 0.717) is 6.42 Å². The standard InChI is InChI=1S/C13H27NO2/c1-4-5-6-7-8-9-10-11-13(15)14(16)12(2)3/h12,16H,4-11H2,1-3H3. The highest BCUT2D eigenvalue weighted by Crippen LogP contribution is 2.09. The fourth-order valence-corrected chi connectivity index (χ4v) is 1.64. The number of carbonyl (C=O) groups excluding carboxylic acids is 1. The maximum Gasteiger partial charge on any atom is 0.246 e. The van der Waals surface area contributed by atoms with Crippen LogP contribution in [0.15, 0.2) is 0 Å². The van der Waals surface area contributed by atoms with Gasteiger partial charge in [-0.1, -0.05) is 45.4 Å². The van der Waals surface area contributed by atoms with Crippen LogP contribution in [0.25, 0.3) is 0 Å². The Morgan fingerprint density at radius 1 is 1.06 bits per heavy atom. The summed E-state index contributed by atoms with van der Waals surface area (Å²) in [5, 5.41) is 10.2. The molecular weight excluding hydrogens is 202 g/mol. The van der Waals surface area contributed by atoms with E-state index in [0.717, 1.165) is 17.9 Å². The summed E-state index contributed by atoms with van der Waals surface area (Å²) in [6.07, 6.45) is 8.85. The maximum absolute atomic E-state index is 11.4. The number of hydroxylamine groups is 2. The largest absolute Gasteiger partial charge is 0.286 e. The van der Waals surface area contributed by atoms with Crippen LogP contribution in [0.3, 0.4) is 0 Å². The topological polar surface area (TPSA) is 40.5 Å². The van der Waals surface area contributed by atoms with Crippen molar-refractivity contribution in [3.05, 3.63) is 0 Å². The Balaban J connectivity index is 3.34. The molecule has 0 saturated carbocycles. The Morgan fingerprint density at radius 3 is 2.06 bits per heavy atom. The van der Waals surface area contributed by atoms with Crippen LogP contribution >= 0.6 is 0 Å². The highest BCUT2D eigenvalue weighted by atomic mass is 16.5. The van der Waals surface area contributed by atoms with Crippen LogP contribution in [-0.4, -0.2) is 22.2 Å². The van der Waals surface area contributed by atoms with Gasteiger partial charge in [-0.3, -0.25) is 10.0 Å². The van der Waals surface area contributed by atoms with Gasteiger partial charge in [0.15, 0.2) is 0 Å². The summed E-state index contributed by atoms with van der Waals surface area (Å²) in [7, 11) is 0. The molecule has 0 aliphatic rings. The highest BCUT2D eigenvalue weighted by molar-refractivity contribution is 5.75. The van der Waals surface area contributed by atoms with Crippen LogP contribution in [-0.2, 0) is 4.79 Å². The number of nitrogens with zero attached hydrogens (tertiary/aromatic N) is 1. The number of rotatable bonds is 9. The summed E-state index contributed by atoms with van der Waals surface area (Å²) in [5.74, 6) is -0.149. The fraction of sp³-hybridized carbons (Fsp3) is 0.923. The first-order valence-corrected chi connectivity index (χ1v) is 6.60. The van der Waals surface area contributed by atoms with E-state index in [-0.39, 0.29) is 11.9 Å². The predicted octanol–water partition coefficient (Wildman–Crippen LogP) is 3.75. The molecule has 1 N–H and O–H groups in total. The summed E-state index contributed by atoms with van der Waals surface area (Å²) in [5.41, 5.74) is 0. The van der Waals surface area contributed by atoms with Gasteiger partial charge in [0.1, 0.15) is 0 Å². The van der Waals surface area contributed by atoms with Crippen molar-refractivity contribution in [1.82, 2.24) is 5.06 Å². The Labute approximate surface area is 99.8 Å². The van der Waals surface area contributed by atoms with E-state index in [2.05, 4.69) is 6.92 Å². The quantitative estimate of drug-likeness (QED) is 0.371. The SMILES string of the molecule is CCCCCCCCCC(=O)N(O)C(C)C. The molecule has 0 radical (unpaired) electrons. The van der Waals surface area contributed by atoms with Crippen LogP contribution < -0.4 is 0 Å². The van der Waals surface area contributed by atoms with Crippen molar-refractivity contribution in [2.75, 3.05) is 0 Å². The maximum atomic E-state index is 11.4. The molecule has 3 heteroatoms. The average molecular weight is 229 g/mol. The van der Waals surface area contributed by atoms with Crippen molar-refractivity contribution in [3.63, 3.8) is 0 Å². The van der Waals surface area contributed by atoms with Crippen molar-refractivity contribution in [1.29, 1.82) is 0 Å². The third-order valence-electron chi connectivity index (χ3n) is 2.74. The molecule has 0 bridgehead atoms. The van der Waals surface area contributed by atoms with E-state index in [1.54, 1.807) is 0 Å². The minimum Gasteiger partial charge on any atom is -0.286 e. The molecule has 0 aromatic carbocycles. The van der Waals surface area contributed by atoms with Crippen molar-refractivity contribution >= 4 is 5.91 Å². The Kier molecular flexibility index (Phi) is 9.30. The van der Waals surface area contributed by atoms with Crippen LogP contribution in [0.4, 0.5) is 0 Å². The lowest BCUT2D eigenvalue weighted by Gasteiger charge is -2.18. The van der Waals surface area contributed by atoms with E-state index >= 15 is 0 Å². The van der Waals surface area contributed by atoms with E-state index in [4.69, 9.17) is 0 Å². The van der Waals surface area contributed by atoms with Crippen molar-refractivity contribution < 1.29 is 10.0 Å². The Bertz CT molecular complexity index is 181. The van der Waals surface area contributed by atoms with E-state index in [9.17, 15) is 10.0 Å². The molecule has 0 saturated heterocycles. The minimum atomic E-state index is -0.149. The molecule has 1 amide bonds. The van der Waals surface area contributed by atoms with Gasteiger partial charge >= 0.3 is 0 Å². The Morgan fingerprint density at radius 2 is 1.56 bits per heavy atom. The predicted molar refractivity (Wildman–Crippen MR) is 66.4 cm³/mol. The molecule has 0 unspecified atom stereocenters. The lowest BCUT2D eigenvalue weighted by molar-refractivity contribution is -0.172. The molecule has 0 rings (SSSR count). The fourth-order valence-electron chi connectivity index (χ4n) is 1.64. The number of amides is 1. The number of hydrogen-bond donors (Lipinski definition) is 1. The third kappa shape index (κ3) is 7.69. The molecule has 96 valence electrons.